The third-order valence-electron chi connectivity index (χ3n) is 2.90. The first kappa shape index (κ1) is 18.5. The lowest BCUT2D eigenvalue weighted by molar-refractivity contribution is -0.116. The molecule has 0 saturated carbocycles. The topological polar surface area (TPSA) is 68.0 Å². The number of anilines is 1. The lowest BCUT2D eigenvalue weighted by atomic mass is 9.94. The Labute approximate surface area is 152 Å². The van der Waals surface area contributed by atoms with Crippen LogP contribution in [0.1, 0.15) is 45.3 Å². The van der Waals surface area contributed by atoms with Gasteiger partial charge in [0.25, 0.3) is 0 Å². The molecule has 2 aromatic rings. The number of carbonyl (C=O) groups excluding carboxylic acids is 1. The number of hydrogen-bond donors (Lipinski definition) is 1. The first-order chi connectivity index (χ1) is 10.9. The van der Waals surface area contributed by atoms with Gasteiger partial charge in [0.1, 0.15) is 5.76 Å². The molecule has 0 aliphatic heterocycles. The van der Waals surface area contributed by atoms with Crippen molar-refractivity contribution in [3.05, 3.63) is 24.0 Å². The van der Waals surface area contributed by atoms with Crippen molar-refractivity contribution >= 4 is 50.1 Å². The molecule has 0 aliphatic carbocycles. The SMILES string of the molecule is CC(C)(C)c1cnc(CSc2cnc(NC(=O)CCCBr)s2)o1. The Morgan fingerprint density at radius 2 is 2.17 bits per heavy atom. The second-order valence-corrected chi connectivity index (χ2v) is 9.08. The zero-order chi connectivity index (χ0) is 16.9. The highest BCUT2D eigenvalue weighted by atomic mass is 79.9. The normalized spacial score (nSPS) is 11.7. The first-order valence-corrected chi connectivity index (χ1v) is 10.2. The summed E-state index contributed by atoms with van der Waals surface area (Å²) >= 11 is 6.38. The maximum Gasteiger partial charge on any atom is 0.226 e. The number of hydrogen-bond acceptors (Lipinski definition) is 6. The molecule has 2 aromatic heterocycles. The van der Waals surface area contributed by atoms with Crippen molar-refractivity contribution in [2.45, 2.75) is 49.0 Å². The van der Waals surface area contributed by atoms with E-state index in [9.17, 15) is 4.79 Å². The molecular formula is C15H20BrN3O2S2. The summed E-state index contributed by atoms with van der Waals surface area (Å²) in [5.41, 5.74) is -0.0347. The lowest BCUT2D eigenvalue weighted by Crippen LogP contribution is -2.10. The Kier molecular flexibility index (Phi) is 6.67. The van der Waals surface area contributed by atoms with E-state index in [0.717, 1.165) is 21.7 Å². The Balaban J connectivity index is 1.85. The number of nitrogens with one attached hydrogen (secondary N) is 1. The number of oxazole rings is 1. The third kappa shape index (κ3) is 5.93. The number of nitrogens with zero attached hydrogens (tertiary/aromatic N) is 2. The standard InChI is InChI=1S/C15H20BrN3O2S2/c1-15(2,3)10-7-17-12(21-10)9-22-13-8-18-14(23-13)19-11(20)5-4-6-16/h7-8H,4-6,9H2,1-3H3,(H,18,19,20). The summed E-state index contributed by atoms with van der Waals surface area (Å²) in [6.07, 6.45) is 4.87. The minimum absolute atomic E-state index is 0.00197. The van der Waals surface area contributed by atoms with Crippen LogP contribution in [0.25, 0.3) is 0 Å². The predicted molar refractivity (Wildman–Crippen MR) is 98.5 cm³/mol. The van der Waals surface area contributed by atoms with E-state index in [4.69, 9.17) is 4.42 Å². The minimum atomic E-state index is -0.0347. The van der Waals surface area contributed by atoms with Crippen molar-refractivity contribution in [1.29, 1.82) is 0 Å². The Morgan fingerprint density at radius 1 is 1.39 bits per heavy atom. The minimum Gasteiger partial charge on any atom is -0.444 e. The molecule has 0 atom stereocenters. The molecule has 23 heavy (non-hydrogen) atoms. The number of halogens is 1. The van der Waals surface area contributed by atoms with Gasteiger partial charge >= 0.3 is 0 Å². The van der Waals surface area contributed by atoms with Crippen molar-refractivity contribution in [2.75, 3.05) is 10.6 Å². The van der Waals surface area contributed by atoms with Gasteiger partial charge in [-0.1, -0.05) is 48.0 Å². The number of amides is 1. The molecule has 0 spiro atoms. The summed E-state index contributed by atoms with van der Waals surface area (Å²) in [4.78, 5) is 20.2. The van der Waals surface area contributed by atoms with Gasteiger partial charge in [-0.25, -0.2) is 9.97 Å². The van der Waals surface area contributed by atoms with Gasteiger partial charge in [-0.2, -0.15) is 0 Å². The molecule has 2 rings (SSSR count). The molecule has 126 valence electrons. The molecule has 0 fully saturated rings. The van der Waals surface area contributed by atoms with E-state index in [-0.39, 0.29) is 11.3 Å². The fourth-order valence-corrected chi connectivity index (χ4v) is 3.67. The molecule has 2 heterocycles. The highest BCUT2D eigenvalue weighted by molar-refractivity contribution is 9.09. The highest BCUT2D eigenvalue weighted by Crippen LogP contribution is 2.31. The van der Waals surface area contributed by atoms with Crippen LogP contribution in [0, 0.1) is 0 Å². The number of rotatable bonds is 7. The maximum absolute atomic E-state index is 11.7. The molecule has 0 unspecified atom stereocenters. The van der Waals surface area contributed by atoms with Crippen molar-refractivity contribution in [2.24, 2.45) is 0 Å². The summed E-state index contributed by atoms with van der Waals surface area (Å²) in [5, 5.41) is 4.27. The second-order valence-electron chi connectivity index (χ2n) is 5.98. The predicted octanol–water partition coefficient (Wildman–Crippen LogP) is 4.83. The van der Waals surface area contributed by atoms with Crippen LogP contribution in [-0.4, -0.2) is 21.2 Å². The van der Waals surface area contributed by atoms with Crippen LogP contribution in [0.15, 0.2) is 21.0 Å². The summed E-state index contributed by atoms with van der Waals surface area (Å²) < 4.78 is 6.79. The van der Waals surface area contributed by atoms with Gasteiger partial charge in [0.05, 0.1) is 22.4 Å². The number of thioether (sulfide) groups is 1. The van der Waals surface area contributed by atoms with Gasteiger partial charge in [0, 0.05) is 17.2 Å². The molecule has 0 radical (unpaired) electrons. The van der Waals surface area contributed by atoms with Crippen molar-refractivity contribution in [3.8, 4) is 0 Å². The van der Waals surface area contributed by atoms with E-state index in [0.29, 0.717) is 23.2 Å². The van der Waals surface area contributed by atoms with Gasteiger partial charge in [-0.15, -0.1) is 11.8 Å². The Morgan fingerprint density at radius 3 is 2.83 bits per heavy atom. The molecule has 0 bridgehead atoms. The second kappa shape index (κ2) is 8.30. The Hall–Kier alpha value is -0.860. The van der Waals surface area contributed by atoms with E-state index < -0.39 is 0 Å². The zero-order valence-corrected chi connectivity index (χ0v) is 16.6. The van der Waals surface area contributed by atoms with E-state index in [1.807, 2.05) is 0 Å². The number of thiazole rings is 1. The molecule has 0 aromatic carbocycles. The molecule has 5 nitrogen and oxygen atoms in total. The number of carbonyl (C=O) groups is 1. The van der Waals surface area contributed by atoms with Crippen molar-refractivity contribution < 1.29 is 9.21 Å². The van der Waals surface area contributed by atoms with Gasteiger partial charge in [0.15, 0.2) is 5.13 Å². The van der Waals surface area contributed by atoms with Gasteiger partial charge in [-0.05, 0) is 6.42 Å². The van der Waals surface area contributed by atoms with E-state index in [1.165, 1.54) is 11.3 Å². The Bertz CT molecular complexity index is 649. The average Bonchev–Trinajstić information content (AvgIpc) is 3.11. The smallest absolute Gasteiger partial charge is 0.226 e. The quantitative estimate of drug-likeness (QED) is 0.515. The highest BCUT2D eigenvalue weighted by Gasteiger charge is 2.19. The lowest BCUT2D eigenvalue weighted by Gasteiger charge is -2.12. The maximum atomic E-state index is 11.7. The van der Waals surface area contributed by atoms with Crippen LogP contribution in [0.4, 0.5) is 5.13 Å². The van der Waals surface area contributed by atoms with Crippen molar-refractivity contribution in [1.82, 2.24) is 9.97 Å². The summed E-state index contributed by atoms with van der Waals surface area (Å²) in [7, 11) is 0. The number of alkyl halides is 1. The van der Waals surface area contributed by atoms with E-state index >= 15 is 0 Å². The van der Waals surface area contributed by atoms with Crippen LogP contribution in [0.3, 0.4) is 0 Å². The first-order valence-electron chi connectivity index (χ1n) is 7.28. The van der Waals surface area contributed by atoms with E-state index in [2.05, 4.69) is 52.0 Å². The fourth-order valence-electron chi connectivity index (χ4n) is 1.65. The van der Waals surface area contributed by atoms with Gasteiger partial charge in [0.2, 0.25) is 11.8 Å². The molecule has 0 aliphatic rings. The van der Waals surface area contributed by atoms with Gasteiger partial charge in [-0.3, -0.25) is 4.79 Å². The fraction of sp³-hybridized carbons (Fsp3) is 0.533. The van der Waals surface area contributed by atoms with Crippen LogP contribution >= 0.6 is 39.0 Å². The van der Waals surface area contributed by atoms with Crippen LogP contribution in [0.2, 0.25) is 0 Å². The van der Waals surface area contributed by atoms with E-state index in [1.54, 1.807) is 24.2 Å². The molecule has 8 heteroatoms. The molecule has 0 saturated heterocycles. The molecule has 1 amide bonds. The average molecular weight is 418 g/mol. The largest absolute Gasteiger partial charge is 0.444 e. The van der Waals surface area contributed by atoms with Gasteiger partial charge < -0.3 is 9.73 Å². The third-order valence-corrected chi connectivity index (χ3v) is 5.55. The van der Waals surface area contributed by atoms with Crippen LogP contribution in [0.5, 0.6) is 0 Å². The van der Waals surface area contributed by atoms with Crippen molar-refractivity contribution in [3.63, 3.8) is 0 Å². The summed E-state index contributed by atoms with van der Waals surface area (Å²) in [6.45, 7) is 6.29. The van der Waals surface area contributed by atoms with Crippen LogP contribution < -0.4 is 5.32 Å². The summed E-state index contributed by atoms with van der Waals surface area (Å²) in [6, 6.07) is 0. The summed E-state index contributed by atoms with van der Waals surface area (Å²) in [5.74, 6) is 2.24. The zero-order valence-electron chi connectivity index (χ0n) is 13.4. The van der Waals surface area contributed by atoms with Crippen LogP contribution in [-0.2, 0) is 16.0 Å². The monoisotopic (exact) mass is 417 g/mol. The number of aromatic nitrogens is 2. The molecule has 1 N–H and O–H groups in total. The molecular weight excluding hydrogens is 398 g/mol.